The maximum atomic E-state index is 4.63. The van der Waals surface area contributed by atoms with Gasteiger partial charge in [0.25, 0.3) is 0 Å². The Bertz CT molecular complexity index is 441. The van der Waals surface area contributed by atoms with Crippen molar-refractivity contribution >= 4 is 15.9 Å². The molecule has 1 aliphatic rings. The first kappa shape index (κ1) is 16.0. The first-order valence-corrected chi connectivity index (χ1v) is 8.77. The van der Waals surface area contributed by atoms with Crippen molar-refractivity contribution in [3.63, 3.8) is 0 Å². The molecule has 1 aromatic heterocycles. The molecule has 0 aliphatic heterocycles. The van der Waals surface area contributed by atoms with Gasteiger partial charge in [-0.2, -0.15) is 5.10 Å². The number of rotatable bonds is 5. The minimum Gasteiger partial charge on any atom is -0.317 e. The lowest BCUT2D eigenvalue weighted by Gasteiger charge is -2.36. The summed E-state index contributed by atoms with van der Waals surface area (Å²) in [6.45, 7) is 4.50. The summed E-state index contributed by atoms with van der Waals surface area (Å²) in [5.41, 5.74) is 2.55. The van der Waals surface area contributed by atoms with E-state index in [1.807, 2.05) is 0 Å². The lowest BCUT2D eigenvalue weighted by atomic mass is 9.75. The van der Waals surface area contributed by atoms with E-state index in [1.54, 1.807) is 0 Å². The van der Waals surface area contributed by atoms with Gasteiger partial charge in [-0.1, -0.05) is 20.3 Å². The summed E-state index contributed by atoms with van der Waals surface area (Å²) >= 11 is 3.76. The Morgan fingerprint density at radius 1 is 1.35 bits per heavy atom. The van der Waals surface area contributed by atoms with Crippen LogP contribution in [0.2, 0.25) is 0 Å². The second-order valence-corrected chi connectivity index (χ2v) is 6.92. The van der Waals surface area contributed by atoms with Gasteiger partial charge >= 0.3 is 0 Å². The molecule has 3 atom stereocenters. The lowest BCUT2D eigenvalue weighted by molar-refractivity contribution is 0.203. The van der Waals surface area contributed by atoms with Crippen LogP contribution in [0.25, 0.3) is 0 Å². The summed E-state index contributed by atoms with van der Waals surface area (Å²) in [4.78, 5) is 0. The molecule has 4 heteroatoms. The molecule has 1 heterocycles. The molecule has 114 valence electrons. The van der Waals surface area contributed by atoms with Crippen LogP contribution in [-0.4, -0.2) is 22.9 Å². The monoisotopic (exact) mass is 341 g/mol. The number of hydrogen-bond acceptors (Lipinski definition) is 2. The molecule has 1 saturated carbocycles. The number of nitrogens with one attached hydrogen (secondary N) is 1. The van der Waals surface area contributed by atoms with Crippen LogP contribution in [0.4, 0.5) is 0 Å². The van der Waals surface area contributed by atoms with Crippen molar-refractivity contribution in [1.29, 1.82) is 0 Å². The molecule has 0 bridgehead atoms. The van der Waals surface area contributed by atoms with Crippen LogP contribution in [0.15, 0.2) is 4.47 Å². The van der Waals surface area contributed by atoms with Gasteiger partial charge in [0, 0.05) is 13.1 Å². The zero-order chi connectivity index (χ0) is 14.7. The summed E-state index contributed by atoms with van der Waals surface area (Å²) in [6.07, 6.45) is 7.49. The number of nitrogens with zero attached hydrogens (tertiary/aromatic N) is 2. The minimum atomic E-state index is 0.657. The molecule has 1 N–H and O–H groups in total. The standard InChI is InChI=1S/C16H28BrN3/c1-5-11-7-8-14(18-3)12(9-11)10-15-16(17)13(6-2)19-20(15)4/h11-12,14,18H,5-10H2,1-4H3. The Hall–Kier alpha value is -0.350. The van der Waals surface area contributed by atoms with Crippen molar-refractivity contribution in [3.8, 4) is 0 Å². The van der Waals surface area contributed by atoms with E-state index >= 15 is 0 Å². The Morgan fingerprint density at radius 3 is 2.65 bits per heavy atom. The van der Waals surface area contributed by atoms with E-state index in [1.165, 1.54) is 41.5 Å². The average molecular weight is 342 g/mol. The molecule has 0 saturated heterocycles. The van der Waals surface area contributed by atoms with Crippen LogP contribution in [0.5, 0.6) is 0 Å². The van der Waals surface area contributed by atoms with Crippen molar-refractivity contribution in [3.05, 3.63) is 15.9 Å². The van der Waals surface area contributed by atoms with E-state index in [0.717, 1.165) is 24.7 Å². The second-order valence-electron chi connectivity index (χ2n) is 6.13. The fourth-order valence-electron chi connectivity index (χ4n) is 3.63. The molecular weight excluding hydrogens is 314 g/mol. The van der Waals surface area contributed by atoms with E-state index in [9.17, 15) is 0 Å². The van der Waals surface area contributed by atoms with Crippen molar-refractivity contribution in [2.45, 2.75) is 58.4 Å². The first-order valence-electron chi connectivity index (χ1n) is 7.98. The molecule has 1 fully saturated rings. The molecule has 0 radical (unpaired) electrons. The number of halogens is 1. The van der Waals surface area contributed by atoms with E-state index in [2.05, 4.69) is 59.0 Å². The maximum absolute atomic E-state index is 4.63. The summed E-state index contributed by atoms with van der Waals surface area (Å²) in [6, 6.07) is 0.657. The van der Waals surface area contributed by atoms with E-state index < -0.39 is 0 Å². The van der Waals surface area contributed by atoms with Crippen molar-refractivity contribution in [2.24, 2.45) is 18.9 Å². The normalized spacial score (nSPS) is 26.9. The quantitative estimate of drug-likeness (QED) is 0.884. The Balaban J connectivity index is 2.16. The van der Waals surface area contributed by atoms with Crippen molar-refractivity contribution in [1.82, 2.24) is 15.1 Å². The molecule has 0 spiro atoms. The van der Waals surface area contributed by atoms with Crippen LogP contribution in [-0.2, 0) is 19.9 Å². The topological polar surface area (TPSA) is 29.9 Å². The number of aromatic nitrogens is 2. The third-order valence-electron chi connectivity index (χ3n) is 5.00. The zero-order valence-corrected chi connectivity index (χ0v) is 14.8. The molecule has 2 rings (SSSR count). The third-order valence-corrected chi connectivity index (χ3v) is 5.91. The van der Waals surface area contributed by atoms with E-state index in [-0.39, 0.29) is 0 Å². The number of hydrogen-bond donors (Lipinski definition) is 1. The van der Waals surface area contributed by atoms with Crippen LogP contribution in [0.1, 0.15) is 50.9 Å². The molecule has 1 aliphatic carbocycles. The van der Waals surface area contributed by atoms with Gasteiger partial charge in [-0.05, 0) is 66.9 Å². The Kier molecular flexibility index (Phi) is 5.67. The van der Waals surface area contributed by atoms with Gasteiger partial charge in [0.05, 0.1) is 15.9 Å². The van der Waals surface area contributed by atoms with Gasteiger partial charge in [-0.15, -0.1) is 0 Å². The van der Waals surface area contributed by atoms with Crippen molar-refractivity contribution in [2.75, 3.05) is 7.05 Å². The largest absolute Gasteiger partial charge is 0.317 e. The first-order chi connectivity index (χ1) is 9.60. The van der Waals surface area contributed by atoms with Gasteiger partial charge in [0.15, 0.2) is 0 Å². The summed E-state index contributed by atoms with van der Waals surface area (Å²) in [5.74, 6) is 1.64. The Labute approximate surface area is 131 Å². The minimum absolute atomic E-state index is 0.657. The molecule has 3 unspecified atom stereocenters. The Morgan fingerprint density at radius 2 is 2.10 bits per heavy atom. The van der Waals surface area contributed by atoms with Crippen LogP contribution >= 0.6 is 15.9 Å². The van der Waals surface area contributed by atoms with E-state index in [4.69, 9.17) is 0 Å². The van der Waals surface area contributed by atoms with Gasteiger partial charge in [-0.25, -0.2) is 0 Å². The smallest absolute Gasteiger partial charge is 0.0766 e. The molecule has 0 amide bonds. The predicted octanol–water partition coefficient (Wildman–Crippen LogP) is 3.70. The fraction of sp³-hybridized carbons (Fsp3) is 0.812. The molecule has 3 nitrogen and oxygen atoms in total. The maximum Gasteiger partial charge on any atom is 0.0766 e. The van der Waals surface area contributed by atoms with Gasteiger partial charge < -0.3 is 5.32 Å². The van der Waals surface area contributed by atoms with Crippen LogP contribution in [0.3, 0.4) is 0 Å². The third kappa shape index (κ3) is 3.28. The van der Waals surface area contributed by atoms with Gasteiger partial charge in [0.1, 0.15) is 0 Å². The van der Waals surface area contributed by atoms with Gasteiger partial charge in [-0.3, -0.25) is 4.68 Å². The zero-order valence-electron chi connectivity index (χ0n) is 13.2. The van der Waals surface area contributed by atoms with Gasteiger partial charge in [0.2, 0.25) is 0 Å². The highest BCUT2D eigenvalue weighted by Gasteiger charge is 2.30. The second kappa shape index (κ2) is 7.08. The summed E-state index contributed by atoms with van der Waals surface area (Å²) in [7, 11) is 4.19. The highest BCUT2D eigenvalue weighted by Crippen LogP contribution is 2.35. The SMILES string of the molecule is CCc1nn(C)c(CC2CC(CC)CCC2NC)c1Br. The fourth-order valence-corrected chi connectivity index (χ4v) is 4.41. The number of aryl methyl sites for hydroxylation is 2. The lowest BCUT2D eigenvalue weighted by Crippen LogP contribution is -2.40. The highest BCUT2D eigenvalue weighted by atomic mass is 79.9. The summed E-state index contributed by atoms with van der Waals surface area (Å²) in [5, 5.41) is 8.17. The van der Waals surface area contributed by atoms with Crippen molar-refractivity contribution < 1.29 is 0 Å². The molecule has 1 aromatic rings. The van der Waals surface area contributed by atoms with Crippen LogP contribution < -0.4 is 5.32 Å². The molecule has 20 heavy (non-hydrogen) atoms. The highest BCUT2D eigenvalue weighted by molar-refractivity contribution is 9.10. The molecule has 0 aromatic carbocycles. The predicted molar refractivity (Wildman–Crippen MR) is 88.0 cm³/mol. The summed E-state index contributed by atoms with van der Waals surface area (Å²) < 4.78 is 3.31. The van der Waals surface area contributed by atoms with Crippen LogP contribution in [0, 0.1) is 11.8 Å². The molecular formula is C16H28BrN3. The average Bonchev–Trinajstić information content (AvgIpc) is 2.74. The van der Waals surface area contributed by atoms with E-state index in [0.29, 0.717) is 6.04 Å².